The lowest BCUT2D eigenvalue weighted by atomic mass is 9.70. The Labute approximate surface area is 136 Å². The molecule has 130 valence electrons. The second-order valence-corrected chi connectivity index (χ2v) is 7.05. The van der Waals surface area contributed by atoms with Gasteiger partial charge in [0.15, 0.2) is 5.83 Å². The van der Waals surface area contributed by atoms with E-state index in [-0.39, 0.29) is 5.92 Å². The maximum absolute atomic E-state index is 14.0. The molecule has 2 aliphatic carbocycles. The van der Waals surface area contributed by atoms with Crippen LogP contribution >= 0.6 is 0 Å². The molecule has 0 aromatic rings. The molecule has 0 radical (unpaired) electrons. The highest BCUT2D eigenvalue weighted by molar-refractivity contribution is 5.42. The molecule has 2 rings (SSSR count). The molecule has 0 aromatic heterocycles. The minimum absolute atomic E-state index is 0.0108. The summed E-state index contributed by atoms with van der Waals surface area (Å²) in [4.78, 5) is 0. The maximum atomic E-state index is 14.0. The maximum Gasteiger partial charge on any atom is 0.306 e. The minimum Gasteiger partial charge on any atom is -0.207 e. The zero-order valence-electron chi connectivity index (χ0n) is 13.9. The number of allylic oxidation sites excluding steroid dienone is 5. The van der Waals surface area contributed by atoms with Crippen molar-refractivity contribution in [2.75, 3.05) is 0 Å². The lowest BCUT2D eigenvalue weighted by molar-refractivity contribution is 0.178. The van der Waals surface area contributed by atoms with E-state index < -0.39 is 23.3 Å². The van der Waals surface area contributed by atoms with E-state index in [0.717, 1.165) is 37.5 Å². The van der Waals surface area contributed by atoms with E-state index in [9.17, 15) is 17.6 Å². The van der Waals surface area contributed by atoms with Crippen LogP contribution in [0.3, 0.4) is 0 Å². The van der Waals surface area contributed by atoms with Gasteiger partial charge in [0.2, 0.25) is 0 Å². The second kappa shape index (κ2) is 8.16. The molecule has 1 fully saturated rings. The summed E-state index contributed by atoms with van der Waals surface area (Å²) < 4.78 is 51.8. The van der Waals surface area contributed by atoms with E-state index in [1.165, 1.54) is 25.0 Å². The van der Waals surface area contributed by atoms with Gasteiger partial charge in [0.25, 0.3) is 0 Å². The predicted molar refractivity (Wildman–Crippen MR) is 85.3 cm³/mol. The minimum atomic E-state index is -2.45. The van der Waals surface area contributed by atoms with Gasteiger partial charge in [0.1, 0.15) is 5.83 Å². The van der Waals surface area contributed by atoms with E-state index in [1.54, 1.807) is 0 Å². The SMILES string of the molecule is CCCC(C)C1CCC(C2C=C(F)C(C(F)=C(F)F)=CC2)CC1. The topological polar surface area (TPSA) is 0 Å². The zero-order valence-corrected chi connectivity index (χ0v) is 13.9. The van der Waals surface area contributed by atoms with E-state index >= 15 is 0 Å². The van der Waals surface area contributed by atoms with Crippen molar-refractivity contribution in [2.45, 2.75) is 58.8 Å². The molecule has 0 aliphatic heterocycles. The van der Waals surface area contributed by atoms with Crippen molar-refractivity contribution in [2.24, 2.45) is 23.7 Å². The van der Waals surface area contributed by atoms with E-state index in [1.807, 2.05) is 0 Å². The predicted octanol–water partition coefficient (Wildman–Crippen LogP) is 7.11. The summed E-state index contributed by atoms with van der Waals surface area (Å²) in [6, 6.07) is 0. The molecule has 23 heavy (non-hydrogen) atoms. The van der Waals surface area contributed by atoms with E-state index in [2.05, 4.69) is 13.8 Å². The zero-order chi connectivity index (χ0) is 17.0. The molecule has 2 atom stereocenters. The van der Waals surface area contributed by atoms with Crippen LogP contribution in [0.4, 0.5) is 17.6 Å². The standard InChI is InChI=1S/C19H26F4/c1-3-4-12(2)13-5-7-14(8-6-13)15-9-10-16(17(20)11-15)18(21)19(22)23/h10-15H,3-9H2,1-2H3. The second-order valence-electron chi connectivity index (χ2n) is 7.05. The third-order valence-corrected chi connectivity index (χ3v) is 5.58. The molecule has 0 spiro atoms. The monoisotopic (exact) mass is 330 g/mol. The van der Waals surface area contributed by atoms with Crippen LogP contribution in [-0.2, 0) is 0 Å². The fraction of sp³-hybridized carbons (Fsp3) is 0.684. The highest BCUT2D eigenvalue weighted by Gasteiger charge is 2.31. The van der Waals surface area contributed by atoms with Crippen LogP contribution in [0.15, 0.2) is 35.5 Å². The van der Waals surface area contributed by atoms with Gasteiger partial charge in [0, 0.05) is 5.57 Å². The van der Waals surface area contributed by atoms with Crippen molar-refractivity contribution in [1.29, 1.82) is 0 Å². The Balaban J connectivity index is 1.93. The van der Waals surface area contributed by atoms with Gasteiger partial charge in [-0.15, -0.1) is 0 Å². The molecule has 0 amide bonds. The van der Waals surface area contributed by atoms with Crippen LogP contribution in [-0.4, -0.2) is 0 Å². The molecule has 2 aliphatic rings. The van der Waals surface area contributed by atoms with Gasteiger partial charge < -0.3 is 0 Å². The fourth-order valence-corrected chi connectivity index (χ4v) is 4.16. The fourth-order valence-electron chi connectivity index (χ4n) is 4.16. The molecule has 0 nitrogen and oxygen atoms in total. The Morgan fingerprint density at radius 1 is 1.17 bits per heavy atom. The van der Waals surface area contributed by atoms with Crippen LogP contribution in [0.2, 0.25) is 0 Å². The molecule has 0 bridgehead atoms. The summed E-state index contributed by atoms with van der Waals surface area (Å²) in [5, 5.41) is 0. The van der Waals surface area contributed by atoms with Crippen molar-refractivity contribution in [3.8, 4) is 0 Å². The van der Waals surface area contributed by atoms with Gasteiger partial charge in [-0.25, -0.2) is 8.78 Å². The quantitative estimate of drug-likeness (QED) is 0.471. The lowest BCUT2D eigenvalue weighted by Crippen LogP contribution is -2.25. The molecule has 1 saturated carbocycles. The summed E-state index contributed by atoms with van der Waals surface area (Å²) in [5.74, 6) is -0.696. The van der Waals surface area contributed by atoms with Crippen LogP contribution in [0.5, 0.6) is 0 Å². The molecule has 0 N–H and O–H groups in total. The summed E-state index contributed by atoms with van der Waals surface area (Å²) in [7, 11) is 0. The van der Waals surface area contributed by atoms with Crippen LogP contribution in [0.25, 0.3) is 0 Å². The number of halogens is 4. The van der Waals surface area contributed by atoms with Crippen molar-refractivity contribution < 1.29 is 17.6 Å². The Kier molecular flexibility index (Phi) is 6.49. The summed E-state index contributed by atoms with van der Waals surface area (Å²) >= 11 is 0. The van der Waals surface area contributed by atoms with Gasteiger partial charge in [-0.05, 0) is 61.9 Å². The van der Waals surface area contributed by atoms with E-state index in [0.29, 0.717) is 12.3 Å². The van der Waals surface area contributed by atoms with Gasteiger partial charge in [-0.3, -0.25) is 0 Å². The Morgan fingerprint density at radius 3 is 2.35 bits per heavy atom. The molecular weight excluding hydrogens is 304 g/mol. The largest absolute Gasteiger partial charge is 0.306 e. The van der Waals surface area contributed by atoms with Gasteiger partial charge in [-0.1, -0.05) is 32.8 Å². The van der Waals surface area contributed by atoms with Crippen molar-refractivity contribution in [3.05, 3.63) is 35.5 Å². The van der Waals surface area contributed by atoms with Gasteiger partial charge in [0.05, 0.1) is 0 Å². The smallest absolute Gasteiger partial charge is 0.207 e. The summed E-state index contributed by atoms with van der Waals surface area (Å²) in [6.07, 6.45) is 7.50. The number of hydrogen-bond donors (Lipinski definition) is 0. The highest BCUT2D eigenvalue weighted by atomic mass is 19.3. The number of rotatable bonds is 5. The van der Waals surface area contributed by atoms with Crippen molar-refractivity contribution >= 4 is 0 Å². The average molecular weight is 330 g/mol. The molecule has 0 heterocycles. The molecular formula is C19H26F4. The summed E-state index contributed by atoms with van der Waals surface area (Å²) in [5.41, 5.74) is -0.577. The van der Waals surface area contributed by atoms with Gasteiger partial charge in [-0.2, -0.15) is 8.78 Å². The van der Waals surface area contributed by atoms with Crippen molar-refractivity contribution in [1.82, 2.24) is 0 Å². The Hall–Kier alpha value is -1.06. The highest BCUT2D eigenvalue weighted by Crippen LogP contribution is 2.42. The lowest BCUT2D eigenvalue weighted by Gasteiger charge is -2.36. The average Bonchev–Trinajstić information content (AvgIpc) is 2.54. The summed E-state index contributed by atoms with van der Waals surface area (Å²) in [6.45, 7) is 4.51. The van der Waals surface area contributed by atoms with Crippen molar-refractivity contribution in [3.63, 3.8) is 0 Å². The van der Waals surface area contributed by atoms with E-state index in [4.69, 9.17) is 0 Å². The van der Waals surface area contributed by atoms with Crippen LogP contribution in [0, 0.1) is 23.7 Å². The molecule has 4 heteroatoms. The molecule has 0 aromatic carbocycles. The molecule has 0 saturated heterocycles. The van der Waals surface area contributed by atoms with Crippen LogP contribution < -0.4 is 0 Å². The first-order valence-electron chi connectivity index (χ1n) is 8.73. The third kappa shape index (κ3) is 4.48. The molecule has 2 unspecified atom stereocenters. The Morgan fingerprint density at radius 2 is 1.83 bits per heavy atom. The van der Waals surface area contributed by atoms with Gasteiger partial charge >= 0.3 is 6.08 Å². The Bertz CT molecular complexity index is 491. The number of hydrogen-bond acceptors (Lipinski definition) is 0. The third-order valence-electron chi connectivity index (χ3n) is 5.58. The first-order chi connectivity index (χ1) is 10.9. The normalized spacial score (nSPS) is 29.6. The van der Waals surface area contributed by atoms with Crippen LogP contribution in [0.1, 0.15) is 58.8 Å². The first-order valence-corrected chi connectivity index (χ1v) is 8.73. The first kappa shape index (κ1) is 18.3.